The Morgan fingerprint density at radius 1 is 1.42 bits per heavy atom. The number of carbonyl (C=O) groups excluding carboxylic acids is 2. The van der Waals surface area contributed by atoms with Crippen LogP contribution in [0.25, 0.3) is 0 Å². The van der Waals surface area contributed by atoms with Crippen molar-refractivity contribution in [2.75, 3.05) is 6.61 Å². The monoisotopic (exact) mass is 259 g/mol. The van der Waals surface area contributed by atoms with Crippen LogP contribution in [0, 0.1) is 0 Å². The van der Waals surface area contributed by atoms with Crippen LogP contribution < -0.4 is 5.32 Å². The normalized spacial score (nSPS) is 20.6. The SMILES string of the molecule is CC(=O)/C=C1/NC(COCc2ccccc2)CC1=O. The summed E-state index contributed by atoms with van der Waals surface area (Å²) < 4.78 is 5.58. The lowest BCUT2D eigenvalue weighted by Crippen LogP contribution is -2.26. The molecule has 1 aromatic carbocycles. The van der Waals surface area contributed by atoms with Gasteiger partial charge in [-0.25, -0.2) is 0 Å². The summed E-state index contributed by atoms with van der Waals surface area (Å²) in [5.74, 6) is -0.148. The predicted octanol–water partition coefficient (Wildman–Crippen LogP) is 1.61. The number of Topliss-reactive ketones (excluding diaryl/α,β-unsaturated/α-hetero) is 1. The average molecular weight is 259 g/mol. The Morgan fingerprint density at radius 2 is 2.16 bits per heavy atom. The molecule has 0 spiro atoms. The highest BCUT2D eigenvalue weighted by atomic mass is 16.5. The molecule has 4 heteroatoms. The Morgan fingerprint density at radius 3 is 2.84 bits per heavy atom. The van der Waals surface area contributed by atoms with Gasteiger partial charge in [-0.1, -0.05) is 30.3 Å². The van der Waals surface area contributed by atoms with E-state index >= 15 is 0 Å². The van der Waals surface area contributed by atoms with Gasteiger partial charge in [0.2, 0.25) is 0 Å². The van der Waals surface area contributed by atoms with Crippen LogP contribution in [0.2, 0.25) is 0 Å². The fourth-order valence-electron chi connectivity index (χ4n) is 2.00. The first-order chi connectivity index (χ1) is 9.15. The highest BCUT2D eigenvalue weighted by Crippen LogP contribution is 2.13. The fraction of sp³-hybridized carbons (Fsp3) is 0.333. The fourth-order valence-corrected chi connectivity index (χ4v) is 2.00. The molecular weight excluding hydrogens is 242 g/mol. The van der Waals surface area contributed by atoms with Gasteiger partial charge in [-0.3, -0.25) is 9.59 Å². The van der Waals surface area contributed by atoms with E-state index in [1.54, 1.807) is 0 Å². The van der Waals surface area contributed by atoms with Crippen molar-refractivity contribution in [1.29, 1.82) is 0 Å². The Kier molecular flexibility index (Phi) is 4.47. The van der Waals surface area contributed by atoms with Gasteiger partial charge in [0.05, 0.1) is 25.0 Å². The van der Waals surface area contributed by atoms with Gasteiger partial charge in [-0.15, -0.1) is 0 Å². The lowest BCUT2D eigenvalue weighted by molar-refractivity contribution is -0.116. The standard InChI is InChI=1S/C15H17NO3/c1-11(17)7-14-15(18)8-13(16-14)10-19-9-12-5-3-2-4-6-12/h2-7,13,16H,8-10H2,1H3/b14-7+. The van der Waals surface area contributed by atoms with E-state index in [1.165, 1.54) is 13.0 Å². The Hall–Kier alpha value is -1.94. The topological polar surface area (TPSA) is 55.4 Å². The number of allylic oxidation sites excluding steroid dienone is 2. The number of carbonyl (C=O) groups is 2. The molecule has 0 bridgehead atoms. The Labute approximate surface area is 112 Å². The third-order valence-electron chi connectivity index (χ3n) is 2.87. The zero-order valence-corrected chi connectivity index (χ0v) is 10.9. The summed E-state index contributed by atoms with van der Waals surface area (Å²) in [5, 5.41) is 3.02. The molecule has 0 saturated carbocycles. The molecule has 1 atom stereocenters. The number of hydrogen-bond donors (Lipinski definition) is 1. The molecule has 1 saturated heterocycles. The molecule has 2 rings (SSSR count). The van der Waals surface area contributed by atoms with E-state index in [0.717, 1.165) is 5.56 Å². The summed E-state index contributed by atoms with van der Waals surface area (Å²) in [6.07, 6.45) is 1.73. The molecule has 1 aliphatic heterocycles. The first-order valence-electron chi connectivity index (χ1n) is 6.29. The van der Waals surface area contributed by atoms with E-state index in [-0.39, 0.29) is 17.6 Å². The van der Waals surface area contributed by atoms with Gasteiger partial charge >= 0.3 is 0 Å². The summed E-state index contributed by atoms with van der Waals surface area (Å²) in [5.41, 5.74) is 1.51. The van der Waals surface area contributed by atoms with Crippen molar-refractivity contribution in [3.8, 4) is 0 Å². The van der Waals surface area contributed by atoms with E-state index in [1.807, 2.05) is 30.3 Å². The number of rotatable bonds is 5. The predicted molar refractivity (Wildman–Crippen MR) is 71.4 cm³/mol. The molecule has 1 heterocycles. The van der Waals surface area contributed by atoms with Crippen molar-refractivity contribution >= 4 is 11.6 Å². The van der Waals surface area contributed by atoms with Crippen molar-refractivity contribution < 1.29 is 14.3 Å². The maximum Gasteiger partial charge on any atom is 0.180 e. The molecule has 100 valence electrons. The molecule has 0 aliphatic carbocycles. The summed E-state index contributed by atoms with van der Waals surface area (Å²) in [6.45, 7) is 2.41. The average Bonchev–Trinajstić information content (AvgIpc) is 2.70. The maximum atomic E-state index is 11.6. The molecule has 0 radical (unpaired) electrons. The molecule has 1 aromatic rings. The van der Waals surface area contributed by atoms with Crippen LogP contribution in [0.3, 0.4) is 0 Å². The molecule has 1 aliphatic rings. The molecule has 1 unspecified atom stereocenters. The zero-order chi connectivity index (χ0) is 13.7. The quantitative estimate of drug-likeness (QED) is 0.816. The summed E-state index contributed by atoms with van der Waals surface area (Å²) in [7, 11) is 0. The van der Waals surface area contributed by atoms with Gasteiger partial charge in [0.1, 0.15) is 0 Å². The van der Waals surface area contributed by atoms with Crippen LogP contribution in [0.1, 0.15) is 18.9 Å². The lowest BCUT2D eigenvalue weighted by atomic mass is 10.2. The second kappa shape index (κ2) is 6.29. The molecule has 0 amide bonds. The molecule has 4 nitrogen and oxygen atoms in total. The van der Waals surface area contributed by atoms with Crippen molar-refractivity contribution in [3.05, 3.63) is 47.7 Å². The van der Waals surface area contributed by atoms with E-state index < -0.39 is 0 Å². The van der Waals surface area contributed by atoms with E-state index in [4.69, 9.17) is 4.74 Å². The summed E-state index contributed by atoms with van der Waals surface area (Å²) >= 11 is 0. The van der Waals surface area contributed by atoms with Crippen LogP contribution >= 0.6 is 0 Å². The largest absolute Gasteiger partial charge is 0.377 e. The van der Waals surface area contributed by atoms with Crippen LogP contribution in [-0.4, -0.2) is 24.2 Å². The number of hydrogen-bond acceptors (Lipinski definition) is 4. The van der Waals surface area contributed by atoms with Gasteiger partial charge in [0.25, 0.3) is 0 Å². The van der Waals surface area contributed by atoms with Gasteiger partial charge in [0.15, 0.2) is 11.6 Å². The summed E-state index contributed by atoms with van der Waals surface area (Å²) in [4.78, 5) is 22.6. The van der Waals surface area contributed by atoms with Crippen molar-refractivity contribution in [1.82, 2.24) is 5.32 Å². The first kappa shape index (κ1) is 13.5. The van der Waals surface area contributed by atoms with Crippen LogP contribution in [0.5, 0.6) is 0 Å². The molecular formula is C15H17NO3. The third kappa shape index (κ3) is 4.03. The maximum absolute atomic E-state index is 11.6. The van der Waals surface area contributed by atoms with Crippen molar-refractivity contribution in [2.45, 2.75) is 26.0 Å². The van der Waals surface area contributed by atoms with Gasteiger partial charge < -0.3 is 10.1 Å². The van der Waals surface area contributed by atoms with Gasteiger partial charge in [0, 0.05) is 12.5 Å². The molecule has 1 fully saturated rings. The van der Waals surface area contributed by atoms with Crippen molar-refractivity contribution in [2.24, 2.45) is 0 Å². The van der Waals surface area contributed by atoms with Crippen molar-refractivity contribution in [3.63, 3.8) is 0 Å². The summed E-state index contributed by atoms with van der Waals surface area (Å²) in [6, 6.07) is 9.83. The van der Waals surface area contributed by atoms with E-state index in [2.05, 4.69) is 5.32 Å². The first-order valence-corrected chi connectivity index (χ1v) is 6.29. The molecule has 1 N–H and O–H groups in total. The number of nitrogens with one attached hydrogen (secondary N) is 1. The molecule has 0 aromatic heterocycles. The number of benzene rings is 1. The lowest BCUT2D eigenvalue weighted by Gasteiger charge is -2.10. The Bertz CT molecular complexity index is 493. The van der Waals surface area contributed by atoms with E-state index in [9.17, 15) is 9.59 Å². The minimum absolute atomic E-state index is 0.0245. The highest BCUT2D eigenvalue weighted by Gasteiger charge is 2.26. The van der Waals surface area contributed by atoms with E-state index in [0.29, 0.717) is 25.3 Å². The zero-order valence-electron chi connectivity index (χ0n) is 10.9. The van der Waals surface area contributed by atoms with Gasteiger partial charge in [-0.05, 0) is 12.5 Å². The second-order valence-electron chi connectivity index (χ2n) is 4.64. The molecule has 19 heavy (non-hydrogen) atoms. The smallest absolute Gasteiger partial charge is 0.180 e. The highest BCUT2D eigenvalue weighted by molar-refractivity contribution is 6.03. The van der Waals surface area contributed by atoms with Crippen LogP contribution in [0.15, 0.2) is 42.1 Å². The second-order valence-corrected chi connectivity index (χ2v) is 4.64. The van der Waals surface area contributed by atoms with Crippen LogP contribution in [-0.2, 0) is 20.9 Å². The van der Waals surface area contributed by atoms with Gasteiger partial charge in [-0.2, -0.15) is 0 Å². The number of ketones is 2. The minimum atomic E-state index is -0.123. The minimum Gasteiger partial charge on any atom is -0.377 e. The Balaban J connectivity index is 1.79. The third-order valence-corrected chi connectivity index (χ3v) is 2.87. The van der Waals surface area contributed by atoms with Crippen LogP contribution in [0.4, 0.5) is 0 Å². The number of ether oxygens (including phenoxy) is 1.